The van der Waals surface area contributed by atoms with Crippen LogP contribution in [0.15, 0.2) is 41.8 Å². The number of morpholine rings is 1. The van der Waals surface area contributed by atoms with Crippen molar-refractivity contribution in [3.05, 3.63) is 57.8 Å². The first kappa shape index (κ1) is 21.8. The molecular formula is C23H30N4O3S. The summed E-state index contributed by atoms with van der Waals surface area (Å²) in [7, 11) is 0. The first-order valence-electron chi connectivity index (χ1n) is 10.8. The van der Waals surface area contributed by atoms with E-state index in [2.05, 4.69) is 47.5 Å². The normalized spacial score (nSPS) is 18.6. The van der Waals surface area contributed by atoms with Crippen LogP contribution in [0.2, 0.25) is 0 Å². The molecule has 31 heavy (non-hydrogen) atoms. The molecule has 1 aromatic heterocycles. The molecular weight excluding hydrogens is 412 g/mol. The van der Waals surface area contributed by atoms with Crippen LogP contribution in [0.3, 0.4) is 0 Å². The van der Waals surface area contributed by atoms with Crippen LogP contribution >= 0.6 is 11.3 Å². The first-order chi connectivity index (χ1) is 15.1. The number of rotatable bonds is 5. The highest BCUT2D eigenvalue weighted by Crippen LogP contribution is 2.26. The molecule has 1 atom stereocenters. The lowest BCUT2D eigenvalue weighted by Gasteiger charge is -2.38. The summed E-state index contributed by atoms with van der Waals surface area (Å²) in [6, 6.07) is 12.3. The summed E-state index contributed by atoms with van der Waals surface area (Å²) in [6.45, 7) is 7.64. The minimum Gasteiger partial charge on any atom is -0.378 e. The number of amides is 3. The van der Waals surface area contributed by atoms with Gasteiger partial charge in [-0.1, -0.05) is 35.9 Å². The Balaban J connectivity index is 1.30. The molecule has 2 saturated heterocycles. The fourth-order valence-corrected chi connectivity index (χ4v) is 4.80. The van der Waals surface area contributed by atoms with E-state index in [0.29, 0.717) is 59.0 Å². The van der Waals surface area contributed by atoms with E-state index < -0.39 is 0 Å². The Bertz CT molecular complexity index is 857. The number of carbonyl (C=O) groups excluding carboxylic acids is 2. The molecule has 0 aliphatic carbocycles. The number of thiophene rings is 1. The van der Waals surface area contributed by atoms with Gasteiger partial charge < -0.3 is 19.9 Å². The summed E-state index contributed by atoms with van der Waals surface area (Å²) in [5.74, 6) is 0.00642. The molecule has 1 N–H and O–H groups in total. The molecule has 2 aliphatic heterocycles. The van der Waals surface area contributed by atoms with E-state index in [1.165, 1.54) is 5.56 Å². The summed E-state index contributed by atoms with van der Waals surface area (Å²) >= 11 is 1.65. The van der Waals surface area contributed by atoms with E-state index in [4.69, 9.17) is 4.74 Å². The van der Waals surface area contributed by atoms with E-state index in [-0.39, 0.29) is 18.0 Å². The standard InChI is InChI=1S/C23H30N4O3S/c1-18-4-6-19(7-5-18)22(20-3-2-16-31-20)24-21(28)17-25-8-10-26(11-9-25)23(29)27-12-14-30-15-13-27/h2-7,16,22H,8-15,17H2,1H3,(H,24,28). The van der Waals surface area contributed by atoms with Crippen molar-refractivity contribution < 1.29 is 14.3 Å². The van der Waals surface area contributed by atoms with Crippen LogP contribution in [-0.2, 0) is 9.53 Å². The molecule has 0 radical (unpaired) electrons. The molecule has 0 spiro atoms. The molecule has 0 bridgehead atoms. The van der Waals surface area contributed by atoms with Gasteiger partial charge in [0.25, 0.3) is 0 Å². The van der Waals surface area contributed by atoms with Gasteiger partial charge in [-0.15, -0.1) is 11.3 Å². The number of urea groups is 1. The Morgan fingerprint density at radius 2 is 1.68 bits per heavy atom. The van der Waals surface area contributed by atoms with Gasteiger partial charge in [-0.2, -0.15) is 0 Å². The second kappa shape index (κ2) is 10.3. The van der Waals surface area contributed by atoms with Crippen molar-refractivity contribution in [1.82, 2.24) is 20.0 Å². The zero-order chi connectivity index (χ0) is 21.6. The minimum atomic E-state index is -0.141. The molecule has 3 amide bonds. The van der Waals surface area contributed by atoms with Crippen molar-refractivity contribution in [2.24, 2.45) is 0 Å². The maximum Gasteiger partial charge on any atom is 0.320 e. The Kier molecular flexibility index (Phi) is 7.21. The molecule has 1 aromatic carbocycles. The SMILES string of the molecule is Cc1ccc(C(NC(=O)CN2CCN(C(=O)N3CCOCC3)CC2)c2cccs2)cc1. The lowest BCUT2D eigenvalue weighted by Crippen LogP contribution is -2.55. The van der Waals surface area contributed by atoms with Gasteiger partial charge in [-0.25, -0.2) is 4.79 Å². The number of benzene rings is 1. The van der Waals surface area contributed by atoms with Gasteiger partial charge in [0.1, 0.15) is 0 Å². The van der Waals surface area contributed by atoms with Crippen LogP contribution in [-0.4, -0.2) is 85.7 Å². The quantitative estimate of drug-likeness (QED) is 0.772. The topological polar surface area (TPSA) is 65.1 Å². The highest BCUT2D eigenvalue weighted by atomic mass is 32.1. The summed E-state index contributed by atoms with van der Waals surface area (Å²) in [5.41, 5.74) is 2.28. The largest absolute Gasteiger partial charge is 0.378 e. The number of hydrogen-bond acceptors (Lipinski definition) is 5. The molecule has 2 aromatic rings. The van der Waals surface area contributed by atoms with Gasteiger partial charge in [0, 0.05) is 44.1 Å². The molecule has 2 fully saturated rings. The van der Waals surface area contributed by atoms with Crippen LogP contribution < -0.4 is 5.32 Å². The minimum absolute atomic E-state index is 0.00642. The number of hydrogen-bond donors (Lipinski definition) is 1. The van der Waals surface area contributed by atoms with E-state index in [1.54, 1.807) is 11.3 Å². The van der Waals surface area contributed by atoms with Gasteiger partial charge in [0.2, 0.25) is 5.91 Å². The van der Waals surface area contributed by atoms with Gasteiger partial charge in [0.15, 0.2) is 0 Å². The van der Waals surface area contributed by atoms with Gasteiger partial charge in [-0.05, 0) is 23.9 Å². The third-order valence-electron chi connectivity index (χ3n) is 5.84. The van der Waals surface area contributed by atoms with Gasteiger partial charge in [-0.3, -0.25) is 9.69 Å². The lowest BCUT2D eigenvalue weighted by molar-refractivity contribution is -0.123. The third-order valence-corrected chi connectivity index (χ3v) is 6.77. The smallest absolute Gasteiger partial charge is 0.320 e. The van der Waals surface area contributed by atoms with Gasteiger partial charge in [0.05, 0.1) is 25.8 Å². The highest BCUT2D eigenvalue weighted by molar-refractivity contribution is 7.10. The second-order valence-electron chi connectivity index (χ2n) is 8.07. The zero-order valence-electron chi connectivity index (χ0n) is 18.0. The van der Waals surface area contributed by atoms with Crippen LogP contribution in [0, 0.1) is 6.92 Å². The fourth-order valence-electron chi connectivity index (χ4n) is 3.99. The van der Waals surface area contributed by atoms with Crippen LogP contribution in [0.4, 0.5) is 4.79 Å². The number of carbonyl (C=O) groups is 2. The van der Waals surface area contributed by atoms with Crippen LogP contribution in [0.25, 0.3) is 0 Å². The van der Waals surface area contributed by atoms with Crippen molar-refractivity contribution >= 4 is 23.3 Å². The van der Waals surface area contributed by atoms with E-state index in [0.717, 1.165) is 10.4 Å². The van der Waals surface area contributed by atoms with Crippen molar-refractivity contribution in [2.75, 3.05) is 59.0 Å². The second-order valence-corrected chi connectivity index (χ2v) is 9.05. The Morgan fingerprint density at radius 1 is 1.00 bits per heavy atom. The molecule has 0 saturated carbocycles. The number of ether oxygens (including phenoxy) is 1. The molecule has 166 valence electrons. The first-order valence-corrected chi connectivity index (χ1v) is 11.7. The zero-order valence-corrected chi connectivity index (χ0v) is 18.8. The molecule has 3 heterocycles. The lowest BCUT2D eigenvalue weighted by atomic mass is 10.0. The maximum atomic E-state index is 12.9. The van der Waals surface area contributed by atoms with Crippen molar-refractivity contribution in [3.63, 3.8) is 0 Å². The van der Waals surface area contributed by atoms with Crippen molar-refractivity contribution in [2.45, 2.75) is 13.0 Å². The van der Waals surface area contributed by atoms with Crippen LogP contribution in [0.1, 0.15) is 22.0 Å². The van der Waals surface area contributed by atoms with Crippen molar-refractivity contribution in [3.8, 4) is 0 Å². The molecule has 1 unspecified atom stereocenters. The fraction of sp³-hybridized carbons (Fsp3) is 0.478. The predicted molar refractivity (Wildman–Crippen MR) is 121 cm³/mol. The predicted octanol–water partition coefficient (Wildman–Crippen LogP) is 2.33. The third kappa shape index (κ3) is 5.64. The summed E-state index contributed by atoms with van der Waals surface area (Å²) in [4.78, 5) is 32.5. The van der Waals surface area contributed by atoms with E-state index in [1.807, 2.05) is 21.2 Å². The van der Waals surface area contributed by atoms with Gasteiger partial charge >= 0.3 is 6.03 Å². The Labute approximate surface area is 187 Å². The summed E-state index contributed by atoms with van der Waals surface area (Å²) in [5, 5.41) is 5.25. The Morgan fingerprint density at radius 3 is 2.32 bits per heavy atom. The highest BCUT2D eigenvalue weighted by Gasteiger charge is 2.27. The number of piperazine rings is 1. The summed E-state index contributed by atoms with van der Waals surface area (Å²) in [6.07, 6.45) is 0. The molecule has 4 rings (SSSR count). The van der Waals surface area contributed by atoms with Crippen LogP contribution in [0.5, 0.6) is 0 Å². The average molecular weight is 443 g/mol. The monoisotopic (exact) mass is 442 g/mol. The summed E-state index contributed by atoms with van der Waals surface area (Å²) < 4.78 is 5.33. The number of nitrogens with zero attached hydrogens (tertiary/aromatic N) is 3. The number of aryl methyl sites for hydroxylation is 1. The van der Waals surface area contributed by atoms with Crippen molar-refractivity contribution in [1.29, 1.82) is 0 Å². The Hall–Kier alpha value is -2.42. The maximum absolute atomic E-state index is 12.9. The molecule has 7 nitrogen and oxygen atoms in total. The molecule has 2 aliphatic rings. The van der Waals surface area contributed by atoms with E-state index >= 15 is 0 Å². The number of nitrogens with one attached hydrogen (secondary N) is 1. The molecule has 8 heteroatoms. The average Bonchev–Trinajstić information content (AvgIpc) is 3.33. The van der Waals surface area contributed by atoms with E-state index in [9.17, 15) is 9.59 Å².